The summed E-state index contributed by atoms with van der Waals surface area (Å²) in [7, 11) is 0. The van der Waals surface area contributed by atoms with E-state index in [-0.39, 0.29) is 12.0 Å². The standard InChI is InChI=1S/C13H19Cl2NO/c1-12(2,3)13(17,8-16)7-9-4-5-10(14)6-11(9)15/h4-6,17H,7-8,16H2,1-3H3. The van der Waals surface area contributed by atoms with Gasteiger partial charge in [-0.25, -0.2) is 0 Å². The predicted octanol–water partition coefficient (Wildman–Crippen LogP) is 3.27. The molecule has 0 bridgehead atoms. The van der Waals surface area contributed by atoms with Crippen LogP contribution >= 0.6 is 23.2 Å². The van der Waals surface area contributed by atoms with Crippen LogP contribution in [0.15, 0.2) is 18.2 Å². The van der Waals surface area contributed by atoms with E-state index in [0.717, 1.165) is 5.56 Å². The third-order valence-electron chi connectivity index (χ3n) is 3.23. The quantitative estimate of drug-likeness (QED) is 0.890. The van der Waals surface area contributed by atoms with Crippen LogP contribution in [-0.4, -0.2) is 17.3 Å². The zero-order valence-electron chi connectivity index (χ0n) is 10.4. The molecule has 0 aliphatic rings. The first kappa shape index (κ1) is 14.8. The van der Waals surface area contributed by atoms with Crippen molar-refractivity contribution in [1.82, 2.24) is 0 Å². The largest absolute Gasteiger partial charge is 0.388 e. The molecule has 0 aliphatic carbocycles. The topological polar surface area (TPSA) is 46.2 Å². The van der Waals surface area contributed by atoms with E-state index < -0.39 is 5.60 Å². The van der Waals surface area contributed by atoms with Crippen molar-refractivity contribution in [3.8, 4) is 0 Å². The monoisotopic (exact) mass is 275 g/mol. The van der Waals surface area contributed by atoms with Crippen LogP contribution in [0.2, 0.25) is 10.0 Å². The van der Waals surface area contributed by atoms with Gasteiger partial charge in [-0.2, -0.15) is 0 Å². The molecule has 1 aromatic rings. The molecule has 0 saturated heterocycles. The maximum absolute atomic E-state index is 10.6. The summed E-state index contributed by atoms with van der Waals surface area (Å²) in [5, 5.41) is 11.7. The Balaban J connectivity index is 3.03. The van der Waals surface area contributed by atoms with Crippen LogP contribution in [0.3, 0.4) is 0 Å². The number of nitrogens with two attached hydrogens (primary N) is 1. The molecule has 17 heavy (non-hydrogen) atoms. The fraction of sp³-hybridized carbons (Fsp3) is 0.538. The molecule has 3 N–H and O–H groups in total. The van der Waals surface area contributed by atoms with Crippen molar-refractivity contribution < 1.29 is 5.11 Å². The zero-order chi connectivity index (χ0) is 13.3. The lowest BCUT2D eigenvalue weighted by atomic mass is 9.73. The molecule has 1 rings (SSSR count). The number of halogens is 2. The number of hydrogen-bond donors (Lipinski definition) is 2. The Labute approximate surface area is 113 Å². The van der Waals surface area contributed by atoms with E-state index in [2.05, 4.69) is 0 Å². The van der Waals surface area contributed by atoms with E-state index in [4.69, 9.17) is 28.9 Å². The second kappa shape index (κ2) is 5.15. The number of hydrogen-bond acceptors (Lipinski definition) is 2. The van der Waals surface area contributed by atoms with Crippen LogP contribution in [-0.2, 0) is 6.42 Å². The molecule has 0 radical (unpaired) electrons. The van der Waals surface area contributed by atoms with E-state index in [1.165, 1.54) is 0 Å². The van der Waals surface area contributed by atoms with E-state index in [0.29, 0.717) is 16.5 Å². The van der Waals surface area contributed by atoms with Gasteiger partial charge in [0.05, 0.1) is 5.60 Å². The molecular weight excluding hydrogens is 257 g/mol. The van der Waals surface area contributed by atoms with Crippen LogP contribution in [0.25, 0.3) is 0 Å². The maximum atomic E-state index is 10.6. The molecule has 0 heterocycles. The lowest BCUT2D eigenvalue weighted by Crippen LogP contribution is -2.50. The Hall–Kier alpha value is -0.280. The average molecular weight is 276 g/mol. The summed E-state index contributed by atoms with van der Waals surface area (Å²) in [4.78, 5) is 0. The minimum absolute atomic E-state index is 0.190. The maximum Gasteiger partial charge on any atom is 0.0857 e. The van der Waals surface area contributed by atoms with Crippen molar-refractivity contribution in [3.05, 3.63) is 33.8 Å². The predicted molar refractivity (Wildman–Crippen MR) is 73.6 cm³/mol. The van der Waals surface area contributed by atoms with Gasteiger partial charge in [-0.15, -0.1) is 0 Å². The number of benzene rings is 1. The molecule has 1 atom stereocenters. The van der Waals surface area contributed by atoms with Gasteiger partial charge < -0.3 is 10.8 Å². The normalized spacial score (nSPS) is 15.7. The van der Waals surface area contributed by atoms with Gasteiger partial charge >= 0.3 is 0 Å². The van der Waals surface area contributed by atoms with Crippen molar-refractivity contribution >= 4 is 23.2 Å². The Morgan fingerprint density at radius 2 is 1.82 bits per heavy atom. The Kier molecular flexibility index (Phi) is 4.48. The van der Waals surface area contributed by atoms with Crippen molar-refractivity contribution in [2.45, 2.75) is 32.8 Å². The summed E-state index contributed by atoms with van der Waals surface area (Å²) in [6.07, 6.45) is 0.420. The first-order valence-corrected chi connectivity index (χ1v) is 6.31. The highest BCUT2D eigenvalue weighted by Crippen LogP contribution is 2.34. The number of rotatable bonds is 3. The molecule has 1 aromatic carbocycles. The van der Waals surface area contributed by atoms with E-state index in [9.17, 15) is 5.11 Å². The minimum atomic E-state index is -0.982. The Morgan fingerprint density at radius 1 is 1.24 bits per heavy atom. The third-order valence-corrected chi connectivity index (χ3v) is 3.82. The molecule has 0 saturated carbocycles. The van der Waals surface area contributed by atoms with E-state index >= 15 is 0 Å². The Bertz CT molecular complexity index is 401. The second-order valence-electron chi connectivity index (χ2n) is 5.40. The smallest absolute Gasteiger partial charge is 0.0857 e. The fourth-order valence-corrected chi connectivity index (χ4v) is 2.10. The van der Waals surface area contributed by atoms with Crippen LogP contribution in [0.5, 0.6) is 0 Å². The van der Waals surface area contributed by atoms with Crippen molar-refractivity contribution in [3.63, 3.8) is 0 Å². The van der Waals surface area contributed by atoms with Crippen LogP contribution in [0, 0.1) is 5.41 Å². The average Bonchev–Trinajstić information content (AvgIpc) is 2.20. The van der Waals surface area contributed by atoms with E-state index in [1.54, 1.807) is 12.1 Å². The summed E-state index contributed by atoms with van der Waals surface area (Å²) >= 11 is 11.9. The third kappa shape index (κ3) is 3.35. The van der Waals surface area contributed by atoms with Gasteiger partial charge in [-0.3, -0.25) is 0 Å². The lowest BCUT2D eigenvalue weighted by molar-refractivity contribution is -0.0490. The second-order valence-corrected chi connectivity index (χ2v) is 6.24. The molecule has 4 heteroatoms. The highest BCUT2D eigenvalue weighted by atomic mass is 35.5. The van der Waals surface area contributed by atoms with Gasteiger partial charge in [0.2, 0.25) is 0 Å². The van der Waals surface area contributed by atoms with Crippen LogP contribution < -0.4 is 5.73 Å². The molecule has 0 spiro atoms. The van der Waals surface area contributed by atoms with Gasteiger partial charge in [0.15, 0.2) is 0 Å². The molecular formula is C13H19Cl2NO. The van der Waals surface area contributed by atoms with Crippen molar-refractivity contribution in [1.29, 1.82) is 0 Å². The van der Waals surface area contributed by atoms with Crippen LogP contribution in [0.4, 0.5) is 0 Å². The first-order valence-electron chi connectivity index (χ1n) is 5.56. The van der Waals surface area contributed by atoms with Crippen molar-refractivity contribution in [2.75, 3.05) is 6.54 Å². The summed E-state index contributed by atoms with van der Waals surface area (Å²) in [5.41, 5.74) is 5.27. The zero-order valence-corrected chi connectivity index (χ0v) is 11.9. The van der Waals surface area contributed by atoms with Crippen LogP contribution in [0.1, 0.15) is 26.3 Å². The van der Waals surface area contributed by atoms with Gasteiger partial charge in [-0.05, 0) is 23.1 Å². The molecule has 0 amide bonds. The summed E-state index contributed by atoms with van der Waals surface area (Å²) < 4.78 is 0. The summed E-state index contributed by atoms with van der Waals surface area (Å²) in [5.74, 6) is 0. The highest BCUT2D eigenvalue weighted by molar-refractivity contribution is 6.35. The molecule has 0 aliphatic heterocycles. The molecule has 0 fully saturated rings. The Morgan fingerprint density at radius 3 is 2.24 bits per heavy atom. The van der Waals surface area contributed by atoms with Gasteiger partial charge in [-0.1, -0.05) is 50.0 Å². The highest BCUT2D eigenvalue weighted by Gasteiger charge is 2.39. The van der Waals surface area contributed by atoms with E-state index in [1.807, 2.05) is 26.8 Å². The van der Waals surface area contributed by atoms with Crippen molar-refractivity contribution in [2.24, 2.45) is 11.1 Å². The molecule has 0 aromatic heterocycles. The van der Waals surface area contributed by atoms with Gasteiger partial charge in [0.25, 0.3) is 0 Å². The summed E-state index contributed by atoms with van der Waals surface area (Å²) in [6, 6.07) is 5.28. The minimum Gasteiger partial charge on any atom is -0.388 e. The molecule has 1 unspecified atom stereocenters. The number of aliphatic hydroxyl groups is 1. The first-order chi connectivity index (χ1) is 7.69. The van der Waals surface area contributed by atoms with Gasteiger partial charge in [0.1, 0.15) is 0 Å². The molecule has 2 nitrogen and oxygen atoms in total. The van der Waals surface area contributed by atoms with Gasteiger partial charge in [0, 0.05) is 23.0 Å². The molecule has 96 valence electrons. The SMILES string of the molecule is CC(C)(C)C(O)(CN)Cc1ccc(Cl)cc1Cl. The summed E-state index contributed by atoms with van der Waals surface area (Å²) in [6.45, 7) is 6.08. The lowest BCUT2D eigenvalue weighted by Gasteiger charge is -2.39. The fourth-order valence-electron chi connectivity index (χ4n) is 1.62.